The highest BCUT2D eigenvalue weighted by molar-refractivity contribution is 14.0. The number of guanidine groups is 1. The van der Waals surface area contributed by atoms with Crippen LogP contribution in [0.25, 0.3) is 0 Å². The van der Waals surface area contributed by atoms with Gasteiger partial charge in [-0.05, 0) is 25.7 Å². The highest BCUT2D eigenvalue weighted by Gasteiger charge is 2.13. The molecule has 1 fully saturated rings. The number of rotatable bonds is 11. The van der Waals surface area contributed by atoms with Crippen LogP contribution >= 0.6 is 24.0 Å². The molecule has 0 saturated heterocycles. The normalized spacial score (nSPS) is 16.0. The van der Waals surface area contributed by atoms with Crippen molar-refractivity contribution in [2.45, 2.75) is 45.4 Å². The summed E-state index contributed by atoms with van der Waals surface area (Å²) in [4.78, 5) is 4.57. The van der Waals surface area contributed by atoms with E-state index in [0.29, 0.717) is 13.2 Å². The maximum absolute atomic E-state index is 11.0. The van der Waals surface area contributed by atoms with E-state index in [1.165, 1.54) is 38.4 Å². The summed E-state index contributed by atoms with van der Waals surface area (Å²) in [5, 5.41) is 6.42. The SMILES string of the molecule is CCNC(=NCCCC1CCCC1)NCCOCCS(C)(=O)=O.I. The Labute approximate surface area is 164 Å². The number of nitrogens with zero attached hydrogens (tertiary/aromatic N) is 1. The highest BCUT2D eigenvalue weighted by atomic mass is 127. The largest absolute Gasteiger partial charge is 0.379 e. The minimum Gasteiger partial charge on any atom is -0.379 e. The van der Waals surface area contributed by atoms with Gasteiger partial charge in [-0.1, -0.05) is 25.7 Å². The average Bonchev–Trinajstić information content (AvgIpc) is 2.99. The molecule has 0 aromatic heterocycles. The van der Waals surface area contributed by atoms with Gasteiger partial charge in [-0.2, -0.15) is 0 Å². The Hall–Kier alpha value is -0.0900. The Kier molecular flexibility index (Phi) is 14.1. The molecule has 0 spiro atoms. The zero-order valence-corrected chi connectivity index (χ0v) is 18.2. The molecule has 24 heavy (non-hydrogen) atoms. The second kappa shape index (κ2) is 14.1. The molecule has 0 heterocycles. The summed E-state index contributed by atoms with van der Waals surface area (Å²) >= 11 is 0. The van der Waals surface area contributed by atoms with E-state index in [1.54, 1.807) is 0 Å². The number of hydrogen-bond donors (Lipinski definition) is 2. The molecule has 0 bridgehead atoms. The standard InChI is InChI=1S/C16H33N3O3S.HI/c1-3-17-16(18-10-6-9-15-7-4-5-8-15)19-11-12-22-13-14-23(2,20)21;/h15H,3-14H2,1-2H3,(H2,17,18,19);1H. The Balaban J connectivity index is 0.00000529. The maximum Gasteiger partial charge on any atom is 0.191 e. The molecule has 0 radical (unpaired) electrons. The topological polar surface area (TPSA) is 79.8 Å². The predicted octanol–water partition coefficient (Wildman–Crippen LogP) is 2.19. The number of ether oxygens (including phenoxy) is 1. The number of nitrogens with one attached hydrogen (secondary N) is 2. The zero-order valence-electron chi connectivity index (χ0n) is 15.1. The fourth-order valence-electron chi connectivity index (χ4n) is 2.77. The summed E-state index contributed by atoms with van der Waals surface area (Å²) in [6.45, 7) is 5.05. The van der Waals surface area contributed by atoms with Crippen LogP contribution < -0.4 is 10.6 Å². The van der Waals surface area contributed by atoms with E-state index in [-0.39, 0.29) is 36.3 Å². The lowest BCUT2D eigenvalue weighted by Gasteiger charge is -2.12. The van der Waals surface area contributed by atoms with E-state index < -0.39 is 9.84 Å². The van der Waals surface area contributed by atoms with Gasteiger partial charge >= 0.3 is 0 Å². The van der Waals surface area contributed by atoms with Crippen molar-refractivity contribution in [3.8, 4) is 0 Å². The van der Waals surface area contributed by atoms with Crippen LogP contribution in [-0.2, 0) is 14.6 Å². The van der Waals surface area contributed by atoms with Crippen LogP contribution in [0.1, 0.15) is 45.4 Å². The third-order valence-corrected chi connectivity index (χ3v) is 4.90. The molecule has 1 aliphatic carbocycles. The summed E-state index contributed by atoms with van der Waals surface area (Å²) in [7, 11) is -2.94. The Morgan fingerprint density at radius 1 is 1.21 bits per heavy atom. The molecule has 1 saturated carbocycles. The van der Waals surface area contributed by atoms with Crippen molar-refractivity contribution in [2.24, 2.45) is 10.9 Å². The van der Waals surface area contributed by atoms with Crippen LogP contribution in [0.4, 0.5) is 0 Å². The molecule has 1 rings (SSSR count). The van der Waals surface area contributed by atoms with Gasteiger partial charge in [-0.25, -0.2) is 8.42 Å². The maximum atomic E-state index is 11.0. The van der Waals surface area contributed by atoms with Crippen molar-refractivity contribution in [1.82, 2.24) is 10.6 Å². The van der Waals surface area contributed by atoms with Crippen molar-refractivity contribution in [3.63, 3.8) is 0 Å². The monoisotopic (exact) mass is 475 g/mol. The molecular weight excluding hydrogens is 441 g/mol. The molecular formula is C16H34IN3O3S. The average molecular weight is 475 g/mol. The summed E-state index contributed by atoms with van der Waals surface area (Å²) in [5.41, 5.74) is 0. The molecule has 6 nitrogen and oxygen atoms in total. The van der Waals surface area contributed by atoms with Crippen molar-refractivity contribution < 1.29 is 13.2 Å². The first-order valence-corrected chi connectivity index (χ1v) is 10.8. The van der Waals surface area contributed by atoms with Gasteiger partial charge in [-0.3, -0.25) is 4.99 Å². The smallest absolute Gasteiger partial charge is 0.191 e. The second-order valence-corrected chi connectivity index (χ2v) is 8.48. The van der Waals surface area contributed by atoms with Crippen LogP contribution in [0.3, 0.4) is 0 Å². The van der Waals surface area contributed by atoms with Gasteiger partial charge in [0.1, 0.15) is 9.84 Å². The van der Waals surface area contributed by atoms with Gasteiger partial charge in [0.05, 0.1) is 19.0 Å². The first kappa shape index (κ1) is 23.9. The lowest BCUT2D eigenvalue weighted by molar-refractivity contribution is 0.154. The van der Waals surface area contributed by atoms with E-state index in [4.69, 9.17) is 4.74 Å². The zero-order chi connectivity index (χ0) is 17.0. The molecule has 0 amide bonds. The summed E-state index contributed by atoms with van der Waals surface area (Å²) < 4.78 is 27.3. The molecule has 0 unspecified atom stereocenters. The number of hydrogen-bond acceptors (Lipinski definition) is 4. The van der Waals surface area contributed by atoms with Gasteiger partial charge in [0.2, 0.25) is 0 Å². The molecule has 2 N–H and O–H groups in total. The van der Waals surface area contributed by atoms with Gasteiger partial charge in [-0.15, -0.1) is 24.0 Å². The summed E-state index contributed by atoms with van der Waals surface area (Å²) in [6, 6.07) is 0. The van der Waals surface area contributed by atoms with E-state index in [1.807, 2.05) is 6.92 Å². The van der Waals surface area contributed by atoms with Crippen LogP contribution in [0.15, 0.2) is 4.99 Å². The minimum absolute atomic E-state index is 0. The third-order valence-electron chi connectivity index (χ3n) is 4.00. The number of aliphatic imine (C=N–C) groups is 1. The lowest BCUT2D eigenvalue weighted by atomic mass is 10.0. The van der Waals surface area contributed by atoms with Gasteiger partial charge in [0.15, 0.2) is 5.96 Å². The van der Waals surface area contributed by atoms with Crippen LogP contribution in [0.5, 0.6) is 0 Å². The predicted molar refractivity (Wildman–Crippen MR) is 111 cm³/mol. The van der Waals surface area contributed by atoms with Crippen molar-refractivity contribution in [1.29, 1.82) is 0 Å². The molecule has 0 aromatic rings. The molecule has 1 aliphatic rings. The van der Waals surface area contributed by atoms with E-state index in [0.717, 1.165) is 31.4 Å². The molecule has 8 heteroatoms. The van der Waals surface area contributed by atoms with Crippen LogP contribution in [0.2, 0.25) is 0 Å². The van der Waals surface area contributed by atoms with E-state index >= 15 is 0 Å². The van der Waals surface area contributed by atoms with Crippen LogP contribution in [0, 0.1) is 5.92 Å². The van der Waals surface area contributed by atoms with Gasteiger partial charge < -0.3 is 15.4 Å². The molecule has 144 valence electrons. The first-order chi connectivity index (χ1) is 11.0. The van der Waals surface area contributed by atoms with Gasteiger partial charge in [0.25, 0.3) is 0 Å². The number of sulfone groups is 1. The van der Waals surface area contributed by atoms with E-state index in [9.17, 15) is 8.42 Å². The lowest BCUT2D eigenvalue weighted by Crippen LogP contribution is -2.39. The fraction of sp³-hybridized carbons (Fsp3) is 0.938. The first-order valence-electron chi connectivity index (χ1n) is 8.79. The fourth-order valence-corrected chi connectivity index (χ4v) is 3.19. The van der Waals surface area contributed by atoms with Crippen molar-refractivity contribution in [2.75, 3.05) is 44.9 Å². The Bertz CT molecular complexity index is 438. The molecule has 0 aliphatic heterocycles. The highest BCUT2D eigenvalue weighted by Crippen LogP contribution is 2.28. The second-order valence-electron chi connectivity index (χ2n) is 6.22. The summed E-state index contributed by atoms with van der Waals surface area (Å²) in [6.07, 6.45) is 9.24. The van der Waals surface area contributed by atoms with Crippen LogP contribution in [-0.4, -0.2) is 59.2 Å². The Morgan fingerprint density at radius 3 is 2.54 bits per heavy atom. The van der Waals surface area contributed by atoms with E-state index in [2.05, 4.69) is 15.6 Å². The minimum atomic E-state index is -2.94. The number of halogens is 1. The summed E-state index contributed by atoms with van der Waals surface area (Å²) in [5.74, 6) is 1.80. The van der Waals surface area contributed by atoms with Gasteiger partial charge in [0, 0.05) is 25.9 Å². The Morgan fingerprint density at radius 2 is 1.92 bits per heavy atom. The molecule has 0 aromatic carbocycles. The quantitative estimate of drug-likeness (QED) is 0.207. The van der Waals surface area contributed by atoms with Crippen molar-refractivity contribution in [3.05, 3.63) is 0 Å². The third kappa shape index (κ3) is 13.2. The molecule has 0 atom stereocenters. The van der Waals surface area contributed by atoms with Crippen molar-refractivity contribution >= 4 is 39.8 Å².